The number of hydrogen-bond donors (Lipinski definition) is 2. The highest BCUT2D eigenvalue weighted by Crippen LogP contribution is 2.14. The van der Waals surface area contributed by atoms with Gasteiger partial charge in [0.05, 0.1) is 13.3 Å². The van der Waals surface area contributed by atoms with E-state index in [4.69, 9.17) is 4.74 Å². The number of anilines is 2. The van der Waals surface area contributed by atoms with Gasteiger partial charge < -0.3 is 10.1 Å². The minimum atomic E-state index is 0.578. The van der Waals surface area contributed by atoms with Crippen molar-refractivity contribution in [2.45, 2.75) is 0 Å². The lowest BCUT2D eigenvalue weighted by atomic mass is 10.4. The zero-order valence-electron chi connectivity index (χ0n) is 7.69. The van der Waals surface area contributed by atoms with Gasteiger partial charge in [0.2, 0.25) is 5.88 Å². The summed E-state index contributed by atoms with van der Waals surface area (Å²) in [4.78, 5) is 4.18. The molecule has 2 aromatic rings. The summed E-state index contributed by atoms with van der Waals surface area (Å²) in [6.07, 6.45) is 1.67. The lowest BCUT2D eigenvalue weighted by molar-refractivity contribution is 0.398. The molecule has 0 bridgehead atoms. The smallest absolute Gasteiger partial charge is 0.214 e. The Bertz CT molecular complexity index is 399. The number of nitrogens with zero attached hydrogens (tertiary/aromatic N) is 2. The van der Waals surface area contributed by atoms with Crippen LogP contribution in [0.4, 0.5) is 11.6 Å². The number of methoxy groups -OCH3 is 1. The number of rotatable bonds is 3. The maximum absolute atomic E-state index is 5.00. The number of aromatic nitrogens is 3. The lowest BCUT2D eigenvalue weighted by Gasteiger charge is -2.03. The molecule has 2 aromatic heterocycles. The van der Waals surface area contributed by atoms with E-state index in [1.54, 1.807) is 19.4 Å². The highest BCUT2D eigenvalue weighted by Gasteiger charge is 1.98. The first kappa shape index (κ1) is 8.55. The van der Waals surface area contributed by atoms with E-state index in [0.717, 1.165) is 5.82 Å². The van der Waals surface area contributed by atoms with Gasteiger partial charge in [-0.15, -0.1) is 0 Å². The largest absolute Gasteiger partial charge is 0.481 e. The third kappa shape index (κ3) is 1.82. The molecule has 0 atom stereocenters. The van der Waals surface area contributed by atoms with Crippen molar-refractivity contribution in [1.29, 1.82) is 0 Å². The number of ether oxygens (including phenoxy) is 1. The van der Waals surface area contributed by atoms with E-state index in [1.807, 2.05) is 18.2 Å². The molecule has 0 aliphatic heterocycles. The Morgan fingerprint density at radius 2 is 2.29 bits per heavy atom. The highest BCUT2D eigenvalue weighted by molar-refractivity contribution is 5.51. The number of hydrogen-bond acceptors (Lipinski definition) is 4. The fourth-order valence-corrected chi connectivity index (χ4v) is 1.06. The molecule has 2 N–H and O–H groups in total. The first-order valence-electron chi connectivity index (χ1n) is 4.16. The summed E-state index contributed by atoms with van der Waals surface area (Å²) in [6, 6.07) is 7.33. The first-order chi connectivity index (χ1) is 6.88. The molecule has 0 unspecified atom stereocenters. The molecular weight excluding hydrogens is 180 g/mol. The van der Waals surface area contributed by atoms with Gasteiger partial charge in [-0.1, -0.05) is 6.07 Å². The van der Waals surface area contributed by atoms with Crippen molar-refractivity contribution in [3.05, 3.63) is 30.5 Å². The Morgan fingerprint density at radius 1 is 1.36 bits per heavy atom. The average Bonchev–Trinajstić information content (AvgIpc) is 2.71. The van der Waals surface area contributed by atoms with Gasteiger partial charge in [-0.05, 0) is 6.07 Å². The molecule has 0 aromatic carbocycles. The van der Waals surface area contributed by atoms with Crippen LogP contribution in [0.15, 0.2) is 30.5 Å². The molecule has 14 heavy (non-hydrogen) atoms. The minimum absolute atomic E-state index is 0.578. The second kappa shape index (κ2) is 3.78. The van der Waals surface area contributed by atoms with Crippen molar-refractivity contribution < 1.29 is 4.74 Å². The molecule has 0 radical (unpaired) electrons. The molecule has 5 heteroatoms. The molecule has 0 amide bonds. The Balaban J connectivity index is 2.17. The fourth-order valence-electron chi connectivity index (χ4n) is 1.06. The molecule has 0 aliphatic rings. The van der Waals surface area contributed by atoms with E-state index in [2.05, 4.69) is 20.5 Å². The fraction of sp³-hybridized carbons (Fsp3) is 0.111. The molecule has 0 fully saturated rings. The number of nitrogens with one attached hydrogen (secondary N) is 2. The van der Waals surface area contributed by atoms with Gasteiger partial charge in [-0.25, -0.2) is 0 Å². The maximum atomic E-state index is 5.00. The van der Waals surface area contributed by atoms with Crippen molar-refractivity contribution in [2.75, 3.05) is 12.4 Å². The van der Waals surface area contributed by atoms with E-state index in [1.165, 1.54) is 0 Å². The van der Waals surface area contributed by atoms with Crippen LogP contribution >= 0.6 is 0 Å². The predicted octanol–water partition coefficient (Wildman–Crippen LogP) is 1.56. The predicted molar refractivity (Wildman–Crippen MR) is 52.7 cm³/mol. The third-order valence-electron chi connectivity index (χ3n) is 1.70. The third-order valence-corrected chi connectivity index (χ3v) is 1.70. The number of aromatic amines is 1. The molecule has 0 saturated heterocycles. The first-order valence-corrected chi connectivity index (χ1v) is 4.16. The van der Waals surface area contributed by atoms with Gasteiger partial charge in [0.15, 0.2) is 0 Å². The summed E-state index contributed by atoms with van der Waals surface area (Å²) in [5.74, 6) is 2.09. The average molecular weight is 190 g/mol. The van der Waals surface area contributed by atoms with Gasteiger partial charge >= 0.3 is 0 Å². The number of H-pyrrole nitrogens is 1. The Morgan fingerprint density at radius 3 is 3.00 bits per heavy atom. The second-order valence-electron chi connectivity index (χ2n) is 2.66. The maximum Gasteiger partial charge on any atom is 0.214 e. The molecule has 2 heterocycles. The van der Waals surface area contributed by atoms with Crippen LogP contribution in [0.5, 0.6) is 5.88 Å². The van der Waals surface area contributed by atoms with Gasteiger partial charge in [0.1, 0.15) is 11.6 Å². The molecule has 5 nitrogen and oxygen atoms in total. The molecule has 0 aliphatic carbocycles. The van der Waals surface area contributed by atoms with Gasteiger partial charge in [-0.2, -0.15) is 10.1 Å². The summed E-state index contributed by atoms with van der Waals surface area (Å²) in [7, 11) is 1.59. The van der Waals surface area contributed by atoms with Crippen molar-refractivity contribution in [3.8, 4) is 5.88 Å². The van der Waals surface area contributed by atoms with Crippen LogP contribution in [-0.4, -0.2) is 22.3 Å². The summed E-state index contributed by atoms with van der Waals surface area (Å²) in [5, 5.41) is 9.65. The Hall–Kier alpha value is -2.04. The van der Waals surface area contributed by atoms with E-state index in [9.17, 15) is 0 Å². The quantitative estimate of drug-likeness (QED) is 0.770. The zero-order chi connectivity index (χ0) is 9.80. The van der Waals surface area contributed by atoms with E-state index >= 15 is 0 Å². The SMILES string of the molecule is COc1cccc(Nc2ccn[nH]2)n1. The van der Waals surface area contributed by atoms with Crippen LogP contribution < -0.4 is 10.1 Å². The van der Waals surface area contributed by atoms with Crippen molar-refractivity contribution in [1.82, 2.24) is 15.2 Å². The van der Waals surface area contributed by atoms with E-state index in [0.29, 0.717) is 11.7 Å². The van der Waals surface area contributed by atoms with Crippen molar-refractivity contribution in [2.24, 2.45) is 0 Å². The van der Waals surface area contributed by atoms with E-state index in [-0.39, 0.29) is 0 Å². The minimum Gasteiger partial charge on any atom is -0.481 e. The molecule has 2 rings (SSSR count). The van der Waals surface area contributed by atoms with Crippen LogP contribution in [0, 0.1) is 0 Å². The molecule has 0 spiro atoms. The topological polar surface area (TPSA) is 62.8 Å². The second-order valence-corrected chi connectivity index (χ2v) is 2.66. The van der Waals surface area contributed by atoms with Gasteiger partial charge in [-0.3, -0.25) is 5.10 Å². The van der Waals surface area contributed by atoms with Gasteiger partial charge in [0, 0.05) is 12.1 Å². The standard InChI is InChI=1S/C9H10N4O/c1-14-9-4-2-3-7(12-9)11-8-5-6-10-13-8/h2-6H,1H3,(H2,10,11,12,13). The van der Waals surface area contributed by atoms with Crippen LogP contribution in [0.3, 0.4) is 0 Å². The van der Waals surface area contributed by atoms with Crippen LogP contribution in [0.2, 0.25) is 0 Å². The summed E-state index contributed by atoms with van der Waals surface area (Å²) >= 11 is 0. The monoisotopic (exact) mass is 190 g/mol. The molecular formula is C9H10N4O. The lowest BCUT2D eigenvalue weighted by Crippen LogP contribution is -1.95. The Labute approximate surface area is 81.1 Å². The van der Waals surface area contributed by atoms with Gasteiger partial charge in [0.25, 0.3) is 0 Å². The van der Waals surface area contributed by atoms with Crippen molar-refractivity contribution >= 4 is 11.6 Å². The Kier molecular flexibility index (Phi) is 2.31. The summed E-state index contributed by atoms with van der Waals surface area (Å²) in [6.45, 7) is 0. The molecule has 72 valence electrons. The van der Waals surface area contributed by atoms with Crippen LogP contribution in [0.25, 0.3) is 0 Å². The molecule has 0 saturated carbocycles. The van der Waals surface area contributed by atoms with Crippen molar-refractivity contribution in [3.63, 3.8) is 0 Å². The van der Waals surface area contributed by atoms with E-state index < -0.39 is 0 Å². The normalized spacial score (nSPS) is 9.79. The zero-order valence-corrected chi connectivity index (χ0v) is 7.69. The van der Waals surface area contributed by atoms with Crippen LogP contribution in [-0.2, 0) is 0 Å². The number of pyridine rings is 1. The highest BCUT2D eigenvalue weighted by atomic mass is 16.5. The van der Waals surface area contributed by atoms with Crippen LogP contribution in [0.1, 0.15) is 0 Å². The summed E-state index contributed by atoms with van der Waals surface area (Å²) in [5.41, 5.74) is 0. The summed E-state index contributed by atoms with van der Waals surface area (Å²) < 4.78 is 5.00.